The summed E-state index contributed by atoms with van der Waals surface area (Å²) in [5, 5.41) is 0.544. The summed E-state index contributed by atoms with van der Waals surface area (Å²) in [6, 6.07) is 10.4. The van der Waals surface area contributed by atoms with Gasteiger partial charge < -0.3 is 0 Å². The summed E-state index contributed by atoms with van der Waals surface area (Å²) in [5.41, 5.74) is 3.05. The molecule has 20 heavy (non-hydrogen) atoms. The average Bonchev–Trinajstić information content (AvgIpc) is 2.69. The smallest absolute Gasteiger partial charge is 0.266 e. The van der Waals surface area contributed by atoms with Crippen molar-refractivity contribution < 1.29 is 9.59 Å². The van der Waals surface area contributed by atoms with Crippen LogP contribution in [0.1, 0.15) is 31.8 Å². The normalized spacial score (nSPS) is 13.8. The molecular weight excluding hydrogens is 274 g/mol. The molecule has 3 rings (SSSR count). The van der Waals surface area contributed by atoms with Gasteiger partial charge in [0.05, 0.1) is 16.8 Å². The van der Waals surface area contributed by atoms with Crippen LogP contribution < -0.4 is 4.90 Å². The lowest BCUT2D eigenvalue weighted by atomic mass is 10.1. The largest absolute Gasteiger partial charge is 0.268 e. The van der Waals surface area contributed by atoms with Gasteiger partial charge in [0.2, 0.25) is 0 Å². The predicted molar refractivity (Wildman–Crippen MR) is 78.5 cm³/mol. The third-order valence-electron chi connectivity index (χ3n) is 3.58. The molecule has 1 heterocycles. The first kappa shape index (κ1) is 12.9. The highest BCUT2D eigenvalue weighted by Gasteiger charge is 2.37. The van der Waals surface area contributed by atoms with E-state index in [-0.39, 0.29) is 11.8 Å². The van der Waals surface area contributed by atoms with Crippen molar-refractivity contribution in [1.82, 2.24) is 0 Å². The number of halogens is 1. The number of benzene rings is 2. The number of imide groups is 1. The molecule has 0 aromatic heterocycles. The van der Waals surface area contributed by atoms with E-state index in [1.807, 2.05) is 19.9 Å². The van der Waals surface area contributed by atoms with E-state index in [9.17, 15) is 9.59 Å². The third kappa shape index (κ3) is 1.67. The number of anilines is 1. The van der Waals surface area contributed by atoms with E-state index in [2.05, 4.69) is 0 Å². The molecule has 100 valence electrons. The predicted octanol–water partition coefficient (Wildman–Crippen LogP) is 3.76. The van der Waals surface area contributed by atoms with Gasteiger partial charge in [-0.15, -0.1) is 0 Å². The van der Waals surface area contributed by atoms with Crippen molar-refractivity contribution in [2.45, 2.75) is 13.8 Å². The second kappa shape index (κ2) is 4.46. The van der Waals surface area contributed by atoms with Crippen LogP contribution in [0.25, 0.3) is 0 Å². The van der Waals surface area contributed by atoms with Crippen molar-refractivity contribution in [2.75, 3.05) is 4.90 Å². The van der Waals surface area contributed by atoms with Gasteiger partial charge in [-0.3, -0.25) is 9.59 Å². The molecule has 0 unspecified atom stereocenters. The number of aryl methyl sites for hydroxylation is 1. The van der Waals surface area contributed by atoms with Gasteiger partial charge >= 0.3 is 0 Å². The molecule has 2 amide bonds. The van der Waals surface area contributed by atoms with Gasteiger partial charge in [0.15, 0.2) is 0 Å². The van der Waals surface area contributed by atoms with E-state index >= 15 is 0 Å². The van der Waals surface area contributed by atoms with Gasteiger partial charge in [0, 0.05) is 5.02 Å². The third-order valence-corrected chi connectivity index (χ3v) is 3.99. The van der Waals surface area contributed by atoms with E-state index in [4.69, 9.17) is 11.6 Å². The molecule has 2 aromatic rings. The van der Waals surface area contributed by atoms with Crippen LogP contribution in [0, 0.1) is 13.8 Å². The van der Waals surface area contributed by atoms with Crippen LogP contribution in [-0.4, -0.2) is 11.8 Å². The molecule has 0 aliphatic carbocycles. The standard InChI is InChI=1S/C16H12ClNO2/c1-9-7-8-13(17)10(2)14(9)18-15(19)11-5-3-4-6-12(11)16(18)20/h3-8H,1-2H3. The fraction of sp³-hybridized carbons (Fsp3) is 0.125. The zero-order valence-corrected chi connectivity index (χ0v) is 11.9. The Morgan fingerprint density at radius 3 is 2.00 bits per heavy atom. The van der Waals surface area contributed by atoms with Gasteiger partial charge in [-0.1, -0.05) is 29.8 Å². The number of fused-ring (bicyclic) bond motifs is 1. The summed E-state index contributed by atoms with van der Waals surface area (Å²) in [6.07, 6.45) is 0. The molecule has 0 radical (unpaired) electrons. The van der Waals surface area contributed by atoms with Crippen LogP contribution >= 0.6 is 11.6 Å². The zero-order chi connectivity index (χ0) is 14.4. The number of hydrogen-bond donors (Lipinski definition) is 0. The van der Waals surface area contributed by atoms with Crippen molar-refractivity contribution in [3.05, 3.63) is 63.7 Å². The lowest BCUT2D eigenvalue weighted by molar-refractivity contribution is 0.0925. The molecule has 0 N–H and O–H groups in total. The van der Waals surface area contributed by atoms with Gasteiger partial charge in [-0.25, -0.2) is 4.90 Å². The Balaban J connectivity index is 2.22. The van der Waals surface area contributed by atoms with Crippen LogP contribution in [0.5, 0.6) is 0 Å². The van der Waals surface area contributed by atoms with Crippen molar-refractivity contribution >= 4 is 29.1 Å². The fourth-order valence-corrected chi connectivity index (χ4v) is 2.70. The highest BCUT2D eigenvalue weighted by atomic mass is 35.5. The van der Waals surface area contributed by atoms with Crippen molar-refractivity contribution in [2.24, 2.45) is 0 Å². The van der Waals surface area contributed by atoms with Crippen LogP contribution in [0.15, 0.2) is 36.4 Å². The number of carbonyl (C=O) groups excluding carboxylic acids is 2. The number of rotatable bonds is 1. The first-order valence-electron chi connectivity index (χ1n) is 6.26. The van der Waals surface area contributed by atoms with Gasteiger partial charge in [0.1, 0.15) is 0 Å². The summed E-state index contributed by atoms with van der Waals surface area (Å²) >= 11 is 6.12. The summed E-state index contributed by atoms with van der Waals surface area (Å²) in [6.45, 7) is 3.68. The second-order valence-electron chi connectivity index (χ2n) is 4.83. The molecule has 3 nitrogen and oxygen atoms in total. The molecule has 0 saturated heterocycles. The van der Waals surface area contributed by atoms with Crippen molar-refractivity contribution in [1.29, 1.82) is 0 Å². The maximum absolute atomic E-state index is 12.5. The fourth-order valence-electron chi connectivity index (χ4n) is 2.55. The molecule has 1 aliphatic rings. The molecule has 4 heteroatoms. The Morgan fingerprint density at radius 2 is 1.45 bits per heavy atom. The molecule has 1 aliphatic heterocycles. The average molecular weight is 286 g/mol. The van der Waals surface area contributed by atoms with Gasteiger partial charge in [0.25, 0.3) is 11.8 Å². The monoisotopic (exact) mass is 285 g/mol. The Kier molecular flexibility index (Phi) is 2.87. The minimum atomic E-state index is -0.293. The Hall–Kier alpha value is -2.13. The number of hydrogen-bond acceptors (Lipinski definition) is 2. The minimum Gasteiger partial charge on any atom is -0.268 e. The van der Waals surface area contributed by atoms with Crippen LogP contribution in [0.4, 0.5) is 5.69 Å². The van der Waals surface area contributed by atoms with E-state index < -0.39 is 0 Å². The second-order valence-corrected chi connectivity index (χ2v) is 5.24. The van der Waals surface area contributed by atoms with Crippen molar-refractivity contribution in [3.8, 4) is 0 Å². The van der Waals surface area contributed by atoms with E-state index in [0.29, 0.717) is 21.8 Å². The van der Waals surface area contributed by atoms with Crippen LogP contribution in [-0.2, 0) is 0 Å². The van der Waals surface area contributed by atoms with Gasteiger partial charge in [-0.05, 0) is 43.2 Å². The first-order chi connectivity index (χ1) is 9.52. The molecular formula is C16H12ClNO2. The Labute approximate surface area is 121 Å². The highest BCUT2D eigenvalue weighted by molar-refractivity contribution is 6.36. The molecule has 0 fully saturated rings. The lowest BCUT2D eigenvalue weighted by Gasteiger charge is -2.20. The zero-order valence-electron chi connectivity index (χ0n) is 11.1. The number of carbonyl (C=O) groups is 2. The molecule has 0 bridgehead atoms. The maximum Gasteiger partial charge on any atom is 0.266 e. The molecule has 0 spiro atoms. The Morgan fingerprint density at radius 1 is 0.900 bits per heavy atom. The molecule has 0 atom stereocenters. The quantitative estimate of drug-likeness (QED) is 0.748. The van der Waals surface area contributed by atoms with Gasteiger partial charge in [-0.2, -0.15) is 0 Å². The molecule has 2 aromatic carbocycles. The lowest BCUT2D eigenvalue weighted by Crippen LogP contribution is -2.30. The van der Waals surface area contributed by atoms with E-state index in [1.54, 1.807) is 30.3 Å². The number of nitrogens with zero attached hydrogens (tertiary/aromatic N) is 1. The first-order valence-corrected chi connectivity index (χ1v) is 6.63. The number of amides is 2. The highest BCUT2D eigenvalue weighted by Crippen LogP contribution is 2.35. The SMILES string of the molecule is Cc1ccc(Cl)c(C)c1N1C(=O)c2ccccc2C1=O. The van der Waals surface area contributed by atoms with Crippen molar-refractivity contribution in [3.63, 3.8) is 0 Å². The topological polar surface area (TPSA) is 37.4 Å². The maximum atomic E-state index is 12.5. The Bertz CT molecular complexity index is 717. The van der Waals surface area contributed by atoms with Crippen LogP contribution in [0.2, 0.25) is 5.02 Å². The summed E-state index contributed by atoms with van der Waals surface area (Å²) in [5.74, 6) is -0.585. The summed E-state index contributed by atoms with van der Waals surface area (Å²) in [4.78, 5) is 26.2. The summed E-state index contributed by atoms with van der Waals surface area (Å²) < 4.78 is 0. The van der Waals surface area contributed by atoms with E-state index in [1.165, 1.54) is 4.90 Å². The summed E-state index contributed by atoms with van der Waals surface area (Å²) in [7, 11) is 0. The van der Waals surface area contributed by atoms with Crippen LogP contribution in [0.3, 0.4) is 0 Å². The van der Waals surface area contributed by atoms with E-state index in [0.717, 1.165) is 11.1 Å². The molecule has 0 saturated carbocycles. The minimum absolute atomic E-state index is 0.293.